The average molecular weight is 514 g/mol. The molecular formula is C28H39N3O6. The molecule has 1 aliphatic heterocycles. The molecule has 3 rings (SSSR count). The van der Waals surface area contributed by atoms with E-state index in [-0.39, 0.29) is 36.5 Å². The monoisotopic (exact) mass is 513 g/mol. The lowest BCUT2D eigenvalue weighted by Gasteiger charge is -2.36. The van der Waals surface area contributed by atoms with Gasteiger partial charge in [-0.05, 0) is 37.1 Å². The summed E-state index contributed by atoms with van der Waals surface area (Å²) in [6.07, 6.45) is -0.172. The molecule has 0 saturated heterocycles. The number of hydrogen-bond donors (Lipinski definition) is 1. The molecule has 2 amide bonds. The van der Waals surface area contributed by atoms with Gasteiger partial charge in [0.1, 0.15) is 24.7 Å². The Kier molecular flexibility index (Phi) is 10.3. The smallest absolute Gasteiger partial charge is 0.257 e. The Morgan fingerprint density at radius 3 is 2.57 bits per heavy atom. The van der Waals surface area contributed by atoms with Gasteiger partial charge in [-0.25, -0.2) is 0 Å². The van der Waals surface area contributed by atoms with Crippen molar-refractivity contribution in [1.82, 2.24) is 9.80 Å². The zero-order valence-electron chi connectivity index (χ0n) is 22.7. The number of benzene rings is 2. The second-order valence-electron chi connectivity index (χ2n) is 9.53. The Balaban J connectivity index is 1.94. The lowest BCUT2D eigenvalue weighted by Crippen LogP contribution is -2.46. The van der Waals surface area contributed by atoms with Crippen LogP contribution in [0.25, 0.3) is 0 Å². The highest BCUT2D eigenvalue weighted by Crippen LogP contribution is 2.27. The van der Waals surface area contributed by atoms with Crippen molar-refractivity contribution in [2.75, 3.05) is 60.0 Å². The van der Waals surface area contributed by atoms with Gasteiger partial charge in [-0.15, -0.1) is 0 Å². The molecule has 1 aliphatic rings. The highest BCUT2D eigenvalue weighted by molar-refractivity contribution is 5.99. The van der Waals surface area contributed by atoms with Gasteiger partial charge in [0.15, 0.2) is 0 Å². The largest absolute Gasteiger partial charge is 0.496 e. The van der Waals surface area contributed by atoms with Crippen molar-refractivity contribution in [3.63, 3.8) is 0 Å². The summed E-state index contributed by atoms with van der Waals surface area (Å²) in [6, 6.07) is 13.1. The fourth-order valence-corrected chi connectivity index (χ4v) is 4.53. The molecule has 202 valence electrons. The first-order chi connectivity index (χ1) is 17.8. The summed E-state index contributed by atoms with van der Waals surface area (Å²) in [5.41, 5.74) is 1.97. The van der Waals surface area contributed by atoms with E-state index in [9.17, 15) is 9.59 Å². The van der Waals surface area contributed by atoms with Crippen LogP contribution in [0, 0.1) is 5.92 Å². The molecule has 1 N–H and O–H groups in total. The van der Waals surface area contributed by atoms with Crippen LogP contribution in [-0.4, -0.2) is 88.4 Å². The minimum Gasteiger partial charge on any atom is -0.496 e. The van der Waals surface area contributed by atoms with Gasteiger partial charge >= 0.3 is 0 Å². The zero-order chi connectivity index (χ0) is 26.9. The lowest BCUT2D eigenvalue weighted by atomic mass is 10.0. The minimum atomic E-state index is -0.300. The number of amides is 2. The number of ether oxygens (including phenoxy) is 4. The molecule has 0 aromatic heterocycles. The maximum Gasteiger partial charge on any atom is 0.257 e. The number of carbonyl (C=O) groups excluding carboxylic acids is 2. The Hall–Kier alpha value is -3.14. The molecule has 2 aromatic rings. The molecule has 0 unspecified atom stereocenters. The Labute approximate surface area is 219 Å². The first-order valence-corrected chi connectivity index (χ1v) is 12.5. The van der Waals surface area contributed by atoms with Gasteiger partial charge in [0, 0.05) is 58.2 Å². The Morgan fingerprint density at radius 2 is 1.86 bits per heavy atom. The predicted octanol–water partition coefficient (Wildman–Crippen LogP) is 3.29. The van der Waals surface area contributed by atoms with E-state index in [1.165, 1.54) is 7.11 Å². The van der Waals surface area contributed by atoms with E-state index in [1.54, 1.807) is 44.4 Å². The van der Waals surface area contributed by atoms with Crippen molar-refractivity contribution in [2.24, 2.45) is 5.92 Å². The molecule has 3 atom stereocenters. The molecule has 9 heteroatoms. The summed E-state index contributed by atoms with van der Waals surface area (Å²) in [5.74, 6) is 0.943. The number of carbonyl (C=O) groups is 2. The number of fused-ring (bicyclic) bond motifs is 1. The van der Waals surface area contributed by atoms with E-state index >= 15 is 0 Å². The maximum absolute atomic E-state index is 13.5. The normalized spacial score (nSPS) is 21.3. The van der Waals surface area contributed by atoms with E-state index in [0.29, 0.717) is 36.7 Å². The number of likely N-dealkylation sites (N-methyl/N-ethyl adjacent to an activating group) is 1. The standard InChI is InChI=1S/C28H39N3O6/c1-19-14-31(15-21-9-7-8-10-24(21)35-5)20(2)17-37-25-12-11-22(29-27(32)18-34-4)13-23(25)28(33)30(3)16-26(19)36-6/h7-13,19-20,26H,14-18H2,1-6H3,(H,29,32)/t19-,20+,26+/m0/s1. The molecule has 0 saturated carbocycles. The van der Waals surface area contributed by atoms with Crippen molar-refractivity contribution in [3.05, 3.63) is 53.6 Å². The van der Waals surface area contributed by atoms with Crippen LogP contribution < -0.4 is 14.8 Å². The van der Waals surface area contributed by atoms with E-state index in [0.717, 1.165) is 17.9 Å². The predicted molar refractivity (Wildman–Crippen MR) is 142 cm³/mol. The highest BCUT2D eigenvalue weighted by atomic mass is 16.5. The second-order valence-corrected chi connectivity index (χ2v) is 9.53. The van der Waals surface area contributed by atoms with Gasteiger partial charge < -0.3 is 29.2 Å². The number of rotatable bonds is 7. The molecule has 0 radical (unpaired) electrons. The molecule has 2 aromatic carbocycles. The van der Waals surface area contributed by atoms with Crippen LogP contribution in [0.3, 0.4) is 0 Å². The third-order valence-corrected chi connectivity index (χ3v) is 6.70. The van der Waals surface area contributed by atoms with E-state index in [4.69, 9.17) is 18.9 Å². The summed E-state index contributed by atoms with van der Waals surface area (Å²) in [5, 5.41) is 2.76. The van der Waals surface area contributed by atoms with Crippen LogP contribution >= 0.6 is 0 Å². The van der Waals surface area contributed by atoms with Gasteiger partial charge in [0.25, 0.3) is 5.91 Å². The summed E-state index contributed by atoms with van der Waals surface area (Å²) in [6.45, 7) is 6.39. The van der Waals surface area contributed by atoms with Crippen LogP contribution in [0.5, 0.6) is 11.5 Å². The highest BCUT2D eigenvalue weighted by Gasteiger charge is 2.29. The first-order valence-electron chi connectivity index (χ1n) is 12.5. The Bertz CT molecular complexity index is 1060. The molecule has 1 heterocycles. The topological polar surface area (TPSA) is 89.6 Å². The summed E-state index contributed by atoms with van der Waals surface area (Å²) in [7, 11) is 6.57. The van der Waals surface area contributed by atoms with Crippen molar-refractivity contribution < 1.29 is 28.5 Å². The van der Waals surface area contributed by atoms with Crippen molar-refractivity contribution in [2.45, 2.75) is 32.5 Å². The van der Waals surface area contributed by atoms with Gasteiger partial charge in [0.05, 0.1) is 18.8 Å². The first kappa shape index (κ1) is 28.4. The third kappa shape index (κ3) is 7.44. The Morgan fingerprint density at radius 1 is 1.11 bits per heavy atom. The molecule has 37 heavy (non-hydrogen) atoms. The lowest BCUT2D eigenvalue weighted by molar-refractivity contribution is -0.119. The van der Waals surface area contributed by atoms with Gasteiger partial charge in [-0.2, -0.15) is 0 Å². The number of anilines is 1. The number of para-hydroxylation sites is 1. The van der Waals surface area contributed by atoms with Crippen LogP contribution in [-0.2, 0) is 20.8 Å². The number of methoxy groups -OCH3 is 3. The quantitative estimate of drug-likeness (QED) is 0.608. The zero-order valence-corrected chi connectivity index (χ0v) is 22.7. The van der Waals surface area contributed by atoms with Crippen LogP contribution in [0.1, 0.15) is 29.8 Å². The summed E-state index contributed by atoms with van der Waals surface area (Å²) >= 11 is 0. The van der Waals surface area contributed by atoms with Crippen molar-refractivity contribution >= 4 is 17.5 Å². The van der Waals surface area contributed by atoms with E-state index in [1.807, 2.05) is 18.2 Å². The van der Waals surface area contributed by atoms with Crippen LogP contribution in [0.4, 0.5) is 5.69 Å². The van der Waals surface area contributed by atoms with E-state index < -0.39 is 0 Å². The third-order valence-electron chi connectivity index (χ3n) is 6.70. The van der Waals surface area contributed by atoms with E-state index in [2.05, 4.69) is 30.1 Å². The average Bonchev–Trinajstić information content (AvgIpc) is 2.89. The fraction of sp³-hybridized carbons (Fsp3) is 0.500. The minimum absolute atomic E-state index is 0.0334. The summed E-state index contributed by atoms with van der Waals surface area (Å²) in [4.78, 5) is 29.5. The molecule has 0 spiro atoms. The SMILES string of the molecule is COCC(=O)Nc1ccc2c(c1)C(=O)N(C)C[C@@H](OC)[C@@H](C)CN(Cc1ccccc1OC)[C@H](C)CO2. The second kappa shape index (κ2) is 13.4. The van der Waals surface area contributed by atoms with Gasteiger partial charge in [-0.1, -0.05) is 25.1 Å². The molecule has 9 nitrogen and oxygen atoms in total. The van der Waals surface area contributed by atoms with Crippen LogP contribution in [0.2, 0.25) is 0 Å². The summed E-state index contributed by atoms with van der Waals surface area (Å²) < 4.78 is 22.6. The molecular weight excluding hydrogens is 474 g/mol. The fourth-order valence-electron chi connectivity index (χ4n) is 4.53. The number of nitrogens with zero attached hydrogens (tertiary/aromatic N) is 2. The molecule has 0 aliphatic carbocycles. The number of nitrogens with one attached hydrogen (secondary N) is 1. The molecule has 0 fully saturated rings. The van der Waals surface area contributed by atoms with Gasteiger partial charge in [-0.3, -0.25) is 14.5 Å². The van der Waals surface area contributed by atoms with Gasteiger partial charge in [0.2, 0.25) is 5.91 Å². The van der Waals surface area contributed by atoms with Crippen molar-refractivity contribution in [3.8, 4) is 11.5 Å². The number of hydrogen-bond acceptors (Lipinski definition) is 7. The van der Waals surface area contributed by atoms with Crippen LogP contribution in [0.15, 0.2) is 42.5 Å². The van der Waals surface area contributed by atoms with Crippen molar-refractivity contribution in [1.29, 1.82) is 0 Å². The maximum atomic E-state index is 13.5. The molecule has 0 bridgehead atoms.